The Hall–Kier alpha value is -1.43. The number of hydrogen-bond donors (Lipinski definition) is 2. The molecule has 6 heteroatoms. The van der Waals surface area contributed by atoms with Crippen LogP contribution in [0.5, 0.6) is 5.75 Å². The average molecular weight is 260 g/mol. The Morgan fingerprint density at radius 3 is 2.61 bits per heavy atom. The number of anilines is 1. The highest BCUT2D eigenvalue weighted by Gasteiger charge is 2.31. The summed E-state index contributed by atoms with van der Waals surface area (Å²) in [6.45, 7) is 1.85. The van der Waals surface area contributed by atoms with E-state index in [1.54, 1.807) is 12.1 Å². The van der Waals surface area contributed by atoms with Crippen LogP contribution in [0.2, 0.25) is 0 Å². The van der Waals surface area contributed by atoms with Crippen molar-refractivity contribution in [3.05, 3.63) is 24.3 Å². The lowest BCUT2D eigenvalue weighted by Crippen LogP contribution is -2.35. The molecular formula is C12H15F3N2O. The van der Waals surface area contributed by atoms with Crippen molar-refractivity contribution in [1.82, 2.24) is 5.32 Å². The van der Waals surface area contributed by atoms with Crippen LogP contribution < -0.4 is 15.4 Å². The third-order valence-corrected chi connectivity index (χ3v) is 2.78. The van der Waals surface area contributed by atoms with Crippen molar-refractivity contribution in [3.8, 4) is 5.75 Å². The summed E-state index contributed by atoms with van der Waals surface area (Å²) in [5.41, 5.74) is 0.656. The predicted molar refractivity (Wildman–Crippen MR) is 62.6 cm³/mol. The first-order valence-corrected chi connectivity index (χ1v) is 5.86. The van der Waals surface area contributed by atoms with Crippen LogP contribution in [0.25, 0.3) is 0 Å². The minimum Gasteiger partial charge on any atom is -0.406 e. The number of hydrogen-bond acceptors (Lipinski definition) is 3. The van der Waals surface area contributed by atoms with Crippen LogP contribution in [0.3, 0.4) is 0 Å². The zero-order valence-corrected chi connectivity index (χ0v) is 9.76. The van der Waals surface area contributed by atoms with Crippen molar-refractivity contribution in [2.45, 2.75) is 25.2 Å². The van der Waals surface area contributed by atoms with Crippen LogP contribution in [-0.2, 0) is 0 Å². The fourth-order valence-corrected chi connectivity index (χ4v) is 1.98. The highest BCUT2D eigenvalue weighted by molar-refractivity contribution is 5.49. The third-order valence-electron chi connectivity index (χ3n) is 2.78. The van der Waals surface area contributed by atoms with Gasteiger partial charge in [0.1, 0.15) is 5.75 Å². The van der Waals surface area contributed by atoms with Crippen LogP contribution in [0.15, 0.2) is 24.3 Å². The van der Waals surface area contributed by atoms with E-state index in [-0.39, 0.29) is 5.75 Å². The van der Waals surface area contributed by atoms with Gasteiger partial charge in [0.2, 0.25) is 0 Å². The third kappa shape index (κ3) is 4.10. The molecule has 3 nitrogen and oxygen atoms in total. The van der Waals surface area contributed by atoms with Crippen LogP contribution in [-0.4, -0.2) is 25.5 Å². The van der Waals surface area contributed by atoms with Crippen molar-refractivity contribution >= 4 is 5.69 Å². The van der Waals surface area contributed by atoms with Gasteiger partial charge in [-0.15, -0.1) is 13.2 Å². The largest absolute Gasteiger partial charge is 0.573 e. The molecule has 1 aromatic rings. The number of alkyl halides is 3. The van der Waals surface area contributed by atoms with E-state index >= 15 is 0 Å². The lowest BCUT2D eigenvalue weighted by Gasteiger charge is -2.24. The van der Waals surface area contributed by atoms with Crippen LogP contribution >= 0.6 is 0 Å². The number of piperidine rings is 1. The molecule has 0 amide bonds. The lowest BCUT2D eigenvalue weighted by atomic mass is 10.1. The Labute approximate surface area is 103 Å². The minimum absolute atomic E-state index is 0.193. The van der Waals surface area contributed by atoms with E-state index in [9.17, 15) is 13.2 Å². The van der Waals surface area contributed by atoms with Crippen molar-refractivity contribution in [1.29, 1.82) is 0 Å². The lowest BCUT2D eigenvalue weighted by molar-refractivity contribution is -0.274. The molecule has 1 heterocycles. The average Bonchev–Trinajstić information content (AvgIpc) is 2.28. The molecule has 0 aromatic heterocycles. The van der Waals surface area contributed by atoms with E-state index in [1.807, 2.05) is 0 Å². The number of ether oxygens (including phenoxy) is 1. The summed E-state index contributed by atoms with van der Waals surface area (Å²) in [5, 5.41) is 6.45. The summed E-state index contributed by atoms with van der Waals surface area (Å²) < 4.78 is 40.1. The molecule has 0 atom stereocenters. The smallest absolute Gasteiger partial charge is 0.406 e. The second-order valence-corrected chi connectivity index (χ2v) is 4.24. The van der Waals surface area contributed by atoms with Crippen molar-refractivity contribution in [3.63, 3.8) is 0 Å². The Balaban J connectivity index is 1.98. The number of halogens is 3. The topological polar surface area (TPSA) is 33.3 Å². The predicted octanol–water partition coefficient (Wildman–Crippen LogP) is 2.75. The highest BCUT2D eigenvalue weighted by atomic mass is 19.4. The Morgan fingerprint density at radius 2 is 1.94 bits per heavy atom. The van der Waals surface area contributed by atoms with Crippen molar-refractivity contribution < 1.29 is 17.9 Å². The Kier molecular flexibility index (Phi) is 3.96. The van der Waals surface area contributed by atoms with E-state index in [1.165, 1.54) is 12.1 Å². The number of nitrogens with one attached hydrogen (secondary N) is 2. The quantitative estimate of drug-likeness (QED) is 0.876. The molecule has 1 saturated heterocycles. The molecule has 0 bridgehead atoms. The summed E-state index contributed by atoms with van der Waals surface area (Å²) in [4.78, 5) is 0. The molecule has 0 unspecified atom stereocenters. The zero-order chi connectivity index (χ0) is 13.0. The maximum absolute atomic E-state index is 12.1. The second-order valence-electron chi connectivity index (χ2n) is 4.24. The molecule has 1 aliphatic heterocycles. The molecule has 0 aliphatic carbocycles. The fourth-order valence-electron chi connectivity index (χ4n) is 1.98. The van der Waals surface area contributed by atoms with Gasteiger partial charge in [0.25, 0.3) is 0 Å². The van der Waals surface area contributed by atoms with Crippen molar-refractivity contribution in [2.75, 3.05) is 18.4 Å². The monoisotopic (exact) mass is 260 g/mol. The van der Waals surface area contributed by atoms with Gasteiger partial charge in [-0.05, 0) is 38.1 Å². The molecule has 1 fully saturated rings. The maximum atomic E-state index is 12.1. The molecular weight excluding hydrogens is 245 g/mol. The SMILES string of the molecule is FC(F)(F)Oc1cccc(NC2CCNCC2)c1. The number of rotatable bonds is 3. The Bertz CT molecular complexity index is 389. The first-order valence-electron chi connectivity index (χ1n) is 5.86. The Morgan fingerprint density at radius 1 is 1.22 bits per heavy atom. The van der Waals surface area contributed by atoms with E-state index in [0.717, 1.165) is 25.9 Å². The first-order chi connectivity index (χ1) is 8.53. The van der Waals surface area contributed by atoms with E-state index in [0.29, 0.717) is 11.7 Å². The molecule has 0 radical (unpaired) electrons. The summed E-state index contributed by atoms with van der Waals surface area (Å²) in [6, 6.07) is 6.25. The number of benzene rings is 1. The van der Waals surface area contributed by atoms with Gasteiger partial charge in [0.15, 0.2) is 0 Å². The summed E-state index contributed by atoms with van der Waals surface area (Å²) in [5.74, 6) is -0.193. The zero-order valence-electron chi connectivity index (χ0n) is 9.76. The minimum atomic E-state index is -4.65. The standard InChI is InChI=1S/C12H15F3N2O/c13-12(14,15)18-11-3-1-2-10(8-11)17-9-4-6-16-7-5-9/h1-3,8-9,16-17H,4-7H2. The van der Waals surface area contributed by atoms with E-state index < -0.39 is 6.36 Å². The van der Waals surface area contributed by atoms with Gasteiger partial charge < -0.3 is 15.4 Å². The molecule has 2 N–H and O–H groups in total. The van der Waals surface area contributed by atoms with Crippen LogP contribution in [0, 0.1) is 0 Å². The summed E-state index contributed by atoms with van der Waals surface area (Å²) in [7, 11) is 0. The summed E-state index contributed by atoms with van der Waals surface area (Å²) in [6.07, 6.45) is -2.72. The van der Waals surface area contributed by atoms with Gasteiger partial charge in [0.05, 0.1) is 0 Å². The van der Waals surface area contributed by atoms with Crippen LogP contribution in [0.1, 0.15) is 12.8 Å². The highest BCUT2D eigenvalue weighted by Crippen LogP contribution is 2.25. The van der Waals surface area contributed by atoms with E-state index in [2.05, 4.69) is 15.4 Å². The molecule has 1 aliphatic rings. The van der Waals surface area contributed by atoms with Gasteiger partial charge in [-0.2, -0.15) is 0 Å². The van der Waals surface area contributed by atoms with Gasteiger partial charge in [-0.1, -0.05) is 6.07 Å². The van der Waals surface area contributed by atoms with Gasteiger partial charge in [-0.3, -0.25) is 0 Å². The summed E-state index contributed by atoms with van der Waals surface area (Å²) >= 11 is 0. The molecule has 100 valence electrons. The normalized spacial score (nSPS) is 17.5. The molecule has 18 heavy (non-hydrogen) atoms. The van der Waals surface area contributed by atoms with Crippen LogP contribution in [0.4, 0.5) is 18.9 Å². The van der Waals surface area contributed by atoms with Crippen molar-refractivity contribution in [2.24, 2.45) is 0 Å². The molecule has 1 aromatic carbocycles. The molecule has 2 rings (SSSR count). The molecule has 0 spiro atoms. The van der Waals surface area contributed by atoms with E-state index in [4.69, 9.17) is 0 Å². The fraction of sp³-hybridized carbons (Fsp3) is 0.500. The van der Waals surface area contributed by atoms with Gasteiger partial charge in [0, 0.05) is 17.8 Å². The molecule has 0 saturated carbocycles. The first kappa shape index (κ1) is 13.0. The second kappa shape index (κ2) is 5.48. The maximum Gasteiger partial charge on any atom is 0.573 e. The van der Waals surface area contributed by atoms with Gasteiger partial charge >= 0.3 is 6.36 Å². The van der Waals surface area contributed by atoms with Gasteiger partial charge in [-0.25, -0.2) is 0 Å².